The van der Waals surface area contributed by atoms with E-state index in [1.807, 2.05) is 17.0 Å². The smallest absolute Gasteiger partial charge is 0.237 e. The standard InChI is InChI=1S/C17H25N3O2/c1-22-15-6-4-14(5-7-15)16-12-18-8-11-20(16)17(21)13-19-9-2-3-10-19/h4-7,16,18H,2-3,8-13H2,1H3. The fourth-order valence-electron chi connectivity index (χ4n) is 3.35. The average Bonchev–Trinajstić information content (AvgIpc) is 3.08. The van der Waals surface area contributed by atoms with Crippen LogP contribution in [0.25, 0.3) is 0 Å². The summed E-state index contributed by atoms with van der Waals surface area (Å²) in [5.41, 5.74) is 1.17. The van der Waals surface area contributed by atoms with E-state index in [1.165, 1.54) is 18.4 Å². The van der Waals surface area contributed by atoms with Crippen molar-refractivity contribution in [3.05, 3.63) is 29.8 Å². The lowest BCUT2D eigenvalue weighted by atomic mass is 10.0. The highest BCUT2D eigenvalue weighted by Crippen LogP contribution is 2.24. The molecule has 1 aromatic carbocycles. The molecule has 1 amide bonds. The Labute approximate surface area is 132 Å². The van der Waals surface area contributed by atoms with E-state index in [1.54, 1.807) is 7.11 Å². The number of methoxy groups -OCH3 is 1. The van der Waals surface area contributed by atoms with Crippen molar-refractivity contribution in [2.24, 2.45) is 0 Å². The van der Waals surface area contributed by atoms with Crippen molar-refractivity contribution >= 4 is 5.91 Å². The highest BCUT2D eigenvalue weighted by molar-refractivity contribution is 5.79. The molecule has 5 heteroatoms. The van der Waals surface area contributed by atoms with Crippen LogP contribution in [0.5, 0.6) is 5.75 Å². The van der Waals surface area contributed by atoms with Gasteiger partial charge in [0.05, 0.1) is 19.7 Å². The van der Waals surface area contributed by atoms with Gasteiger partial charge in [-0.3, -0.25) is 9.69 Å². The molecule has 1 atom stereocenters. The van der Waals surface area contributed by atoms with E-state index in [2.05, 4.69) is 22.3 Å². The summed E-state index contributed by atoms with van der Waals surface area (Å²) in [7, 11) is 1.67. The molecule has 2 saturated heterocycles. The van der Waals surface area contributed by atoms with E-state index < -0.39 is 0 Å². The molecule has 1 N–H and O–H groups in total. The van der Waals surface area contributed by atoms with Crippen LogP contribution in [0, 0.1) is 0 Å². The Morgan fingerprint density at radius 1 is 1.23 bits per heavy atom. The van der Waals surface area contributed by atoms with Crippen LogP contribution in [0.3, 0.4) is 0 Å². The molecular formula is C17H25N3O2. The van der Waals surface area contributed by atoms with Crippen molar-refractivity contribution in [1.82, 2.24) is 15.1 Å². The molecule has 0 spiro atoms. The second-order valence-electron chi connectivity index (χ2n) is 6.06. The molecule has 2 aliphatic rings. The van der Waals surface area contributed by atoms with Crippen LogP contribution in [0.1, 0.15) is 24.4 Å². The van der Waals surface area contributed by atoms with E-state index >= 15 is 0 Å². The summed E-state index contributed by atoms with van der Waals surface area (Å²) in [6, 6.07) is 8.18. The van der Waals surface area contributed by atoms with E-state index in [4.69, 9.17) is 4.74 Å². The predicted octanol–water partition coefficient (Wildman–Crippen LogP) is 1.26. The van der Waals surface area contributed by atoms with Crippen LogP contribution in [0.2, 0.25) is 0 Å². The van der Waals surface area contributed by atoms with Crippen molar-refractivity contribution < 1.29 is 9.53 Å². The largest absolute Gasteiger partial charge is 0.497 e. The maximum atomic E-state index is 12.7. The molecular weight excluding hydrogens is 278 g/mol. The number of amides is 1. The lowest BCUT2D eigenvalue weighted by molar-refractivity contribution is -0.135. The van der Waals surface area contributed by atoms with Crippen LogP contribution in [-0.4, -0.2) is 62.1 Å². The quantitative estimate of drug-likeness (QED) is 0.910. The summed E-state index contributed by atoms with van der Waals surface area (Å²) in [5.74, 6) is 1.10. The van der Waals surface area contributed by atoms with Gasteiger partial charge in [-0.1, -0.05) is 12.1 Å². The first-order valence-electron chi connectivity index (χ1n) is 8.14. The monoisotopic (exact) mass is 303 g/mol. The molecule has 5 nitrogen and oxygen atoms in total. The molecule has 2 heterocycles. The first-order valence-corrected chi connectivity index (χ1v) is 8.14. The summed E-state index contributed by atoms with van der Waals surface area (Å²) in [4.78, 5) is 17.0. The number of carbonyl (C=O) groups is 1. The average molecular weight is 303 g/mol. The Morgan fingerprint density at radius 3 is 2.64 bits per heavy atom. The third-order valence-electron chi connectivity index (χ3n) is 4.62. The Morgan fingerprint density at radius 2 is 1.95 bits per heavy atom. The van der Waals surface area contributed by atoms with Crippen molar-refractivity contribution in [2.75, 3.05) is 46.4 Å². The number of hydrogen-bond donors (Lipinski definition) is 1. The topological polar surface area (TPSA) is 44.8 Å². The number of nitrogens with zero attached hydrogens (tertiary/aromatic N) is 2. The Kier molecular flexibility index (Phi) is 4.95. The van der Waals surface area contributed by atoms with Crippen molar-refractivity contribution in [3.63, 3.8) is 0 Å². The summed E-state index contributed by atoms with van der Waals surface area (Å²) in [5, 5.41) is 3.40. The van der Waals surface area contributed by atoms with Gasteiger partial charge in [-0.15, -0.1) is 0 Å². The molecule has 0 radical (unpaired) electrons. The zero-order valence-electron chi connectivity index (χ0n) is 13.3. The fraction of sp³-hybridized carbons (Fsp3) is 0.588. The normalized spacial score (nSPS) is 22.8. The summed E-state index contributed by atoms with van der Waals surface area (Å²) in [6.07, 6.45) is 2.44. The zero-order valence-corrected chi connectivity index (χ0v) is 13.3. The van der Waals surface area contributed by atoms with Gasteiger partial charge < -0.3 is 15.0 Å². The number of hydrogen-bond acceptors (Lipinski definition) is 4. The van der Waals surface area contributed by atoms with Gasteiger partial charge in [-0.05, 0) is 43.6 Å². The lowest BCUT2D eigenvalue weighted by Gasteiger charge is -2.37. The second kappa shape index (κ2) is 7.11. The third kappa shape index (κ3) is 3.42. The highest BCUT2D eigenvalue weighted by atomic mass is 16.5. The number of carbonyl (C=O) groups excluding carboxylic acids is 1. The van der Waals surface area contributed by atoms with Gasteiger partial charge in [0.15, 0.2) is 0 Å². The Bertz CT molecular complexity index is 497. The number of rotatable bonds is 4. The fourth-order valence-corrected chi connectivity index (χ4v) is 3.35. The minimum absolute atomic E-state index is 0.120. The summed E-state index contributed by atoms with van der Waals surface area (Å²) >= 11 is 0. The molecule has 0 saturated carbocycles. The number of piperazine rings is 1. The Balaban J connectivity index is 1.70. The van der Waals surface area contributed by atoms with Gasteiger partial charge in [0.1, 0.15) is 5.75 Å². The molecule has 2 fully saturated rings. The van der Waals surface area contributed by atoms with Gasteiger partial charge in [0.2, 0.25) is 5.91 Å². The van der Waals surface area contributed by atoms with Crippen LogP contribution < -0.4 is 10.1 Å². The molecule has 0 aromatic heterocycles. The van der Waals surface area contributed by atoms with Crippen molar-refractivity contribution in [2.45, 2.75) is 18.9 Å². The molecule has 2 aliphatic heterocycles. The summed E-state index contributed by atoms with van der Waals surface area (Å²) < 4.78 is 5.22. The number of benzene rings is 1. The summed E-state index contributed by atoms with van der Waals surface area (Å²) in [6.45, 7) is 5.16. The molecule has 22 heavy (non-hydrogen) atoms. The van der Waals surface area contributed by atoms with E-state index in [-0.39, 0.29) is 11.9 Å². The van der Waals surface area contributed by atoms with Gasteiger partial charge in [0, 0.05) is 19.6 Å². The maximum absolute atomic E-state index is 12.7. The zero-order chi connectivity index (χ0) is 15.4. The van der Waals surface area contributed by atoms with Gasteiger partial charge in [-0.2, -0.15) is 0 Å². The van der Waals surface area contributed by atoms with E-state index in [0.29, 0.717) is 6.54 Å². The SMILES string of the molecule is COc1ccc(C2CNCCN2C(=O)CN2CCCC2)cc1. The molecule has 120 valence electrons. The second-order valence-corrected chi connectivity index (χ2v) is 6.06. The van der Waals surface area contributed by atoms with Crippen LogP contribution in [0.15, 0.2) is 24.3 Å². The van der Waals surface area contributed by atoms with E-state index in [0.717, 1.165) is 38.5 Å². The third-order valence-corrected chi connectivity index (χ3v) is 4.62. The first-order chi connectivity index (χ1) is 10.8. The number of nitrogens with one attached hydrogen (secondary N) is 1. The minimum atomic E-state index is 0.120. The van der Waals surface area contributed by atoms with Gasteiger partial charge in [-0.25, -0.2) is 0 Å². The number of likely N-dealkylation sites (tertiary alicyclic amines) is 1. The molecule has 1 aromatic rings. The minimum Gasteiger partial charge on any atom is -0.497 e. The van der Waals surface area contributed by atoms with Gasteiger partial charge in [0.25, 0.3) is 0 Å². The van der Waals surface area contributed by atoms with Crippen molar-refractivity contribution in [3.8, 4) is 5.75 Å². The number of ether oxygens (including phenoxy) is 1. The lowest BCUT2D eigenvalue weighted by Crippen LogP contribution is -2.51. The van der Waals surface area contributed by atoms with Crippen LogP contribution >= 0.6 is 0 Å². The first kappa shape index (κ1) is 15.3. The van der Waals surface area contributed by atoms with Crippen molar-refractivity contribution in [1.29, 1.82) is 0 Å². The highest BCUT2D eigenvalue weighted by Gasteiger charge is 2.29. The molecule has 0 aliphatic carbocycles. The molecule has 1 unspecified atom stereocenters. The predicted molar refractivity (Wildman–Crippen MR) is 86.0 cm³/mol. The molecule has 0 bridgehead atoms. The maximum Gasteiger partial charge on any atom is 0.237 e. The Hall–Kier alpha value is -1.59. The molecule has 3 rings (SSSR count). The van der Waals surface area contributed by atoms with E-state index in [9.17, 15) is 4.79 Å². The van der Waals surface area contributed by atoms with Crippen LogP contribution in [-0.2, 0) is 4.79 Å². The van der Waals surface area contributed by atoms with Gasteiger partial charge >= 0.3 is 0 Å². The van der Waals surface area contributed by atoms with Crippen LogP contribution in [0.4, 0.5) is 0 Å².